The lowest BCUT2D eigenvalue weighted by Gasteiger charge is -1.95. The Labute approximate surface area is 63.2 Å². The van der Waals surface area contributed by atoms with E-state index in [1.165, 1.54) is 12.3 Å². The van der Waals surface area contributed by atoms with Crippen molar-refractivity contribution in [1.82, 2.24) is 4.98 Å². The molecule has 0 unspecified atom stereocenters. The van der Waals surface area contributed by atoms with E-state index < -0.39 is 5.95 Å². The summed E-state index contributed by atoms with van der Waals surface area (Å²) in [5.41, 5.74) is 0.564. The molecule has 1 aromatic rings. The van der Waals surface area contributed by atoms with E-state index in [4.69, 9.17) is 11.6 Å². The van der Waals surface area contributed by atoms with Crippen molar-refractivity contribution < 1.29 is 4.39 Å². The largest absolute Gasteiger partial charge is 0.232 e. The standard InChI is InChI=1S/C7H5ClFN/c1-2-5-3-4-10-7(9)6(5)8/h2-4H,1H2. The molecule has 1 aromatic heterocycles. The number of hydrogen-bond donors (Lipinski definition) is 0. The van der Waals surface area contributed by atoms with E-state index in [1.54, 1.807) is 6.07 Å². The zero-order valence-corrected chi connectivity index (χ0v) is 5.90. The van der Waals surface area contributed by atoms with Gasteiger partial charge in [0.1, 0.15) is 5.02 Å². The van der Waals surface area contributed by atoms with Gasteiger partial charge in [0, 0.05) is 6.20 Å². The number of nitrogens with zero attached hydrogens (tertiary/aromatic N) is 1. The lowest BCUT2D eigenvalue weighted by molar-refractivity contribution is 0.584. The predicted octanol–water partition coefficient (Wildman–Crippen LogP) is 2.52. The van der Waals surface area contributed by atoms with E-state index in [2.05, 4.69) is 11.6 Å². The second-order valence-corrected chi connectivity index (χ2v) is 2.09. The van der Waals surface area contributed by atoms with Gasteiger partial charge in [0.25, 0.3) is 0 Å². The van der Waals surface area contributed by atoms with E-state index in [9.17, 15) is 4.39 Å². The van der Waals surface area contributed by atoms with Crippen molar-refractivity contribution in [3.05, 3.63) is 35.4 Å². The smallest absolute Gasteiger partial charge is 0.227 e. The van der Waals surface area contributed by atoms with Crippen LogP contribution in [0, 0.1) is 5.95 Å². The van der Waals surface area contributed by atoms with Crippen molar-refractivity contribution in [2.75, 3.05) is 0 Å². The molecule has 0 aliphatic carbocycles. The van der Waals surface area contributed by atoms with E-state index in [-0.39, 0.29) is 5.02 Å². The quantitative estimate of drug-likeness (QED) is 0.571. The van der Waals surface area contributed by atoms with Crippen molar-refractivity contribution in [3.63, 3.8) is 0 Å². The summed E-state index contributed by atoms with van der Waals surface area (Å²) in [5.74, 6) is -0.654. The Kier molecular flexibility index (Phi) is 2.02. The van der Waals surface area contributed by atoms with Gasteiger partial charge in [-0.05, 0) is 11.6 Å². The monoisotopic (exact) mass is 157 g/mol. The molecule has 10 heavy (non-hydrogen) atoms. The molecule has 0 spiro atoms. The van der Waals surface area contributed by atoms with Crippen molar-refractivity contribution in [2.24, 2.45) is 0 Å². The molecule has 0 saturated heterocycles. The highest BCUT2D eigenvalue weighted by Gasteiger charge is 2.01. The van der Waals surface area contributed by atoms with Crippen LogP contribution in [-0.2, 0) is 0 Å². The molecule has 0 aliphatic heterocycles. The summed E-state index contributed by atoms with van der Waals surface area (Å²) in [7, 11) is 0. The zero-order valence-electron chi connectivity index (χ0n) is 5.14. The SMILES string of the molecule is C=Cc1ccnc(F)c1Cl. The van der Waals surface area contributed by atoms with Crippen LogP contribution in [0.15, 0.2) is 18.8 Å². The molecule has 0 atom stereocenters. The maximum absolute atomic E-state index is 12.5. The molecule has 0 aliphatic rings. The molecule has 0 N–H and O–H groups in total. The van der Waals surface area contributed by atoms with Gasteiger partial charge in [-0.2, -0.15) is 4.39 Å². The summed E-state index contributed by atoms with van der Waals surface area (Å²) in [6, 6.07) is 1.60. The third-order valence-corrected chi connectivity index (χ3v) is 1.47. The lowest BCUT2D eigenvalue weighted by Crippen LogP contribution is -1.84. The summed E-state index contributed by atoms with van der Waals surface area (Å²) >= 11 is 5.48. The molecular weight excluding hydrogens is 153 g/mol. The Morgan fingerprint density at radius 3 is 2.90 bits per heavy atom. The number of aromatic nitrogens is 1. The fourth-order valence-electron chi connectivity index (χ4n) is 0.590. The Morgan fingerprint density at radius 2 is 2.40 bits per heavy atom. The first-order valence-corrected chi connectivity index (χ1v) is 3.06. The summed E-state index contributed by atoms with van der Waals surface area (Å²) < 4.78 is 12.5. The molecule has 0 saturated carbocycles. The van der Waals surface area contributed by atoms with Crippen molar-refractivity contribution in [3.8, 4) is 0 Å². The molecule has 1 nitrogen and oxygen atoms in total. The first kappa shape index (κ1) is 7.22. The van der Waals surface area contributed by atoms with Crippen LogP contribution in [0.5, 0.6) is 0 Å². The van der Waals surface area contributed by atoms with Gasteiger partial charge in [-0.1, -0.05) is 24.3 Å². The second kappa shape index (κ2) is 2.80. The molecule has 52 valence electrons. The minimum absolute atomic E-state index is 0.0255. The highest BCUT2D eigenvalue weighted by Crippen LogP contribution is 2.17. The zero-order chi connectivity index (χ0) is 7.56. The minimum Gasteiger partial charge on any atom is -0.227 e. The molecule has 3 heteroatoms. The van der Waals surface area contributed by atoms with E-state index in [0.717, 1.165) is 0 Å². The van der Waals surface area contributed by atoms with Gasteiger partial charge in [0.05, 0.1) is 0 Å². The Morgan fingerprint density at radius 1 is 1.70 bits per heavy atom. The number of rotatable bonds is 1. The average Bonchev–Trinajstić information content (AvgIpc) is 1.95. The predicted molar refractivity (Wildman–Crippen MR) is 39.3 cm³/mol. The van der Waals surface area contributed by atoms with E-state index >= 15 is 0 Å². The normalized spacial score (nSPS) is 9.40. The second-order valence-electron chi connectivity index (χ2n) is 1.71. The summed E-state index contributed by atoms with van der Waals surface area (Å²) in [4.78, 5) is 3.34. The van der Waals surface area contributed by atoms with Gasteiger partial charge in [0.15, 0.2) is 0 Å². The Balaban J connectivity index is 3.27. The van der Waals surface area contributed by atoms with Gasteiger partial charge in [-0.3, -0.25) is 0 Å². The maximum Gasteiger partial charge on any atom is 0.232 e. The van der Waals surface area contributed by atoms with Crippen molar-refractivity contribution in [2.45, 2.75) is 0 Å². The highest BCUT2D eigenvalue weighted by molar-refractivity contribution is 6.32. The minimum atomic E-state index is -0.654. The summed E-state index contributed by atoms with van der Waals surface area (Å²) in [6.45, 7) is 3.45. The van der Waals surface area contributed by atoms with Crippen LogP contribution < -0.4 is 0 Å². The fraction of sp³-hybridized carbons (Fsp3) is 0. The summed E-state index contributed by atoms with van der Waals surface area (Å²) in [5, 5.41) is 0.0255. The van der Waals surface area contributed by atoms with Crippen LogP contribution in [0.2, 0.25) is 5.02 Å². The van der Waals surface area contributed by atoms with Crippen LogP contribution in [0.25, 0.3) is 6.08 Å². The Bertz CT molecular complexity index is 260. The van der Waals surface area contributed by atoms with Crippen molar-refractivity contribution in [1.29, 1.82) is 0 Å². The topological polar surface area (TPSA) is 12.9 Å². The third-order valence-electron chi connectivity index (χ3n) is 1.10. The molecule has 0 radical (unpaired) electrons. The lowest BCUT2D eigenvalue weighted by atomic mass is 10.3. The van der Waals surface area contributed by atoms with Crippen LogP contribution in [0.3, 0.4) is 0 Å². The maximum atomic E-state index is 12.5. The van der Waals surface area contributed by atoms with Crippen LogP contribution in [0.4, 0.5) is 4.39 Å². The number of pyridine rings is 1. The summed E-state index contributed by atoms with van der Waals surface area (Å²) in [6.07, 6.45) is 2.82. The van der Waals surface area contributed by atoms with Gasteiger partial charge in [-0.25, -0.2) is 4.98 Å². The van der Waals surface area contributed by atoms with Crippen molar-refractivity contribution >= 4 is 17.7 Å². The van der Waals surface area contributed by atoms with E-state index in [0.29, 0.717) is 5.56 Å². The molecule has 1 rings (SSSR count). The molecule has 1 heterocycles. The van der Waals surface area contributed by atoms with Crippen LogP contribution >= 0.6 is 11.6 Å². The molecule has 0 amide bonds. The Hall–Kier alpha value is -0.890. The van der Waals surface area contributed by atoms with Gasteiger partial charge in [0.2, 0.25) is 5.95 Å². The average molecular weight is 158 g/mol. The van der Waals surface area contributed by atoms with Gasteiger partial charge < -0.3 is 0 Å². The third kappa shape index (κ3) is 1.16. The van der Waals surface area contributed by atoms with Crippen LogP contribution in [0.1, 0.15) is 5.56 Å². The molecule has 0 aromatic carbocycles. The van der Waals surface area contributed by atoms with Crippen LogP contribution in [-0.4, -0.2) is 4.98 Å². The fourth-order valence-corrected chi connectivity index (χ4v) is 0.779. The molecule has 0 bridgehead atoms. The van der Waals surface area contributed by atoms with Gasteiger partial charge in [-0.15, -0.1) is 0 Å². The van der Waals surface area contributed by atoms with Gasteiger partial charge >= 0.3 is 0 Å². The molecular formula is C7H5ClFN. The molecule has 0 fully saturated rings. The first-order chi connectivity index (χ1) is 4.75. The van der Waals surface area contributed by atoms with E-state index in [1.807, 2.05) is 0 Å². The number of hydrogen-bond acceptors (Lipinski definition) is 1. The highest BCUT2D eigenvalue weighted by atomic mass is 35.5. The number of halogens is 2. The first-order valence-electron chi connectivity index (χ1n) is 2.68.